The van der Waals surface area contributed by atoms with E-state index in [1.54, 1.807) is 16.4 Å². The number of rotatable bonds is 4. The number of nitrogens with one attached hydrogen (secondary N) is 1. The zero-order valence-corrected chi connectivity index (χ0v) is 15.5. The molecule has 4 aromatic heterocycles. The number of benzene rings is 1. The standard InChI is InChI=1S/C16H10BrN7OS/c17-10-4-19-24(5-10)6-14-22-15(23-25-14)9-1-2-11-12(3-9)21-16(20-11)13-7-26-8-18-13/h1-5,7-8H,6H2,(H,20,21). The topological polar surface area (TPSA) is 98.3 Å². The number of thiazole rings is 1. The van der Waals surface area contributed by atoms with Crippen molar-refractivity contribution in [3.63, 3.8) is 0 Å². The number of hydrogen-bond acceptors (Lipinski definition) is 7. The monoisotopic (exact) mass is 427 g/mol. The van der Waals surface area contributed by atoms with E-state index >= 15 is 0 Å². The zero-order chi connectivity index (χ0) is 17.5. The highest BCUT2D eigenvalue weighted by Crippen LogP contribution is 2.24. The lowest BCUT2D eigenvalue weighted by molar-refractivity contribution is 0.366. The largest absolute Gasteiger partial charge is 0.337 e. The van der Waals surface area contributed by atoms with Crippen molar-refractivity contribution in [1.82, 2.24) is 34.9 Å². The van der Waals surface area contributed by atoms with Crippen LogP contribution in [0.25, 0.3) is 33.9 Å². The van der Waals surface area contributed by atoms with Crippen LogP contribution in [0.15, 0.2) is 50.5 Å². The lowest BCUT2D eigenvalue weighted by Crippen LogP contribution is -1.99. The normalized spacial score (nSPS) is 11.4. The molecule has 0 unspecified atom stereocenters. The van der Waals surface area contributed by atoms with E-state index in [-0.39, 0.29) is 0 Å². The first-order valence-electron chi connectivity index (χ1n) is 7.64. The van der Waals surface area contributed by atoms with Crippen molar-refractivity contribution in [1.29, 1.82) is 0 Å². The second kappa shape index (κ2) is 6.15. The third-order valence-corrected chi connectivity index (χ3v) is 4.78. The first-order valence-corrected chi connectivity index (χ1v) is 9.37. The summed E-state index contributed by atoms with van der Waals surface area (Å²) in [6.07, 6.45) is 3.56. The van der Waals surface area contributed by atoms with Crippen molar-refractivity contribution >= 4 is 38.3 Å². The highest BCUT2D eigenvalue weighted by molar-refractivity contribution is 9.10. The Bertz CT molecular complexity index is 1190. The van der Waals surface area contributed by atoms with Crippen LogP contribution in [0.3, 0.4) is 0 Å². The predicted octanol–water partition coefficient (Wildman–Crippen LogP) is 3.74. The van der Waals surface area contributed by atoms with Crippen LogP contribution in [0.5, 0.6) is 0 Å². The fourth-order valence-corrected chi connectivity index (χ4v) is 3.46. The van der Waals surface area contributed by atoms with Gasteiger partial charge in [-0.2, -0.15) is 10.1 Å². The minimum Gasteiger partial charge on any atom is -0.337 e. The first kappa shape index (κ1) is 15.4. The van der Waals surface area contributed by atoms with Crippen LogP contribution in [0.1, 0.15) is 5.89 Å². The lowest BCUT2D eigenvalue weighted by Gasteiger charge is -1.94. The third-order valence-electron chi connectivity index (χ3n) is 3.78. The summed E-state index contributed by atoms with van der Waals surface area (Å²) in [6, 6.07) is 5.81. The van der Waals surface area contributed by atoms with Gasteiger partial charge < -0.3 is 9.51 Å². The maximum Gasteiger partial charge on any atom is 0.248 e. The average molecular weight is 428 g/mol. The number of fused-ring (bicyclic) bond motifs is 1. The van der Waals surface area contributed by atoms with E-state index in [0.29, 0.717) is 18.3 Å². The molecule has 0 aliphatic rings. The fourth-order valence-electron chi connectivity index (χ4n) is 2.60. The average Bonchev–Trinajstić information content (AvgIpc) is 3.42. The number of nitrogens with zero attached hydrogens (tertiary/aromatic N) is 6. The summed E-state index contributed by atoms with van der Waals surface area (Å²) in [5, 5.41) is 10.2. The van der Waals surface area contributed by atoms with Crippen LogP contribution in [-0.4, -0.2) is 34.9 Å². The minimum atomic E-state index is 0.416. The van der Waals surface area contributed by atoms with Crippen molar-refractivity contribution in [3.8, 4) is 22.9 Å². The van der Waals surface area contributed by atoms with Crippen LogP contribution in [0, 0.1) is 0 Å². The van der Waals surface area contributed by atoms with E-state index < -0.39 is 0 Å². The number of aromatic amines is 1. The molecule has 0 radical (unpaired) electrons. The zero-order valence-electron chi connectivity index (χ0n) is 13.1. The Labute approximate surface area is 159 Å². The molecule has 5 aromatic rings. The van der Waals surface area contributed by atoms with Gasteiger partial charge in [0.25, 0.3) is 0 Å². The quantitative estimate of drug-likeness (QED) is 0.468. The second-order valence-electron chi connectivity index (χ2n) is 5.56. The Kier molecular flexibility index (Phi) is 3.64. The van der Waals surface area contributed by atoms with Gasteiger partial charge in [-0.3, -0.25) is 4.68 Å². The number of halogens is 1. The Hall–Kier alpha value is -2.85. The summed E-state index contributed by atoms with van der Waals surface area (Å²) in [5.74, 6) is 1.76. The molecule has 0 aliphatic carbocycles. The summed E-state index contributed by atoms with van der Waals surface area (Å²) in [6.45, 7) is 0.416. The molecule has 8 nitrogen and oxygen atoms in total. The molecule has 1 N–H and O–H groups in total. The third kappa shape index (κ3) is 2.82. The summed E-state index contributed by atoms with van der Waals surface area (Å²) < 4.78 is 7.96. The molecule has 0 aliphatic heterocycles. The van der Waals surface area contributed by atoms with Gasteiger partial charge in [0.15, 0.2) is 5.82 Å². The maximum absolute atomic E-state index is 5.34. The van der Waals surface area contributed by atoms with Crippen molar-refractivity contribution < 1.29 is 4.52 Å². The van der Waals surface area contributed by atoms with E-state index in [1.165, 1.54) is 11.3 Å². The molecule has 0 atom stereocenters. The van der Waals surface area contributed by atoms with E-state index in [0.717, 1.165) is 32.6 Å². The molecule has 5 rings (SSSR count). The molecule has 0 bridgehead atoms. The van der Waals surface area contributed by atoms with E-state index in [4.69, 9.17) is 4.52 Å². The highest BCUT2D eigenvalue weighted by Gasteiger charge is 2.12. The minimum absolute atomic E-state index is 0.416. The van der Waals surface area contributed by atoms with Crippen LogP contribution in [0.4, 0.5) is 0 Å². The Morgan fingerprint density at radius 2 is 2.23 bits per heavy atom. The van der Waals surface area contributed by atoms with Gasteiger partial charge in [-0.1, -0.05) is 5.16 Å². The predicted molar refractivity (Wildman–Crippen MR) is 99.5 cm³/mol. The molecule has 26 heavy (non-hydrogen) atoms. The Morgan fingerprint density at radius 1 is 1.27 bits per heavy atom. The maximum atomic E-state index is 5.34. The molecule has 0 saturated heterocycles. The van der Waals surface area contributed by atoms with Crippen LogP contribution < -0.4 is 0 Å². The molecule has 0 spiro atoms. The van der Waals surface area contributed by atoms with Gasteiger partial charge >= 0.3 is 0 Å². The van der Waals surface area contributed by atoms with E-state index in [1.807, 2.05) is 29.8 Å². The van der Waals surface area contributed by atoms with E-state index in [2.05, 4.69) is 46.1 Å². The fraction of sp³-hybridized carbons (Fsp3) is 0.0625. The summed E-state index contributed by atoms with van der Waals surface area (Å²) >= 11 is 4.90. The van der Waals surface area contributed by atoms with Gasteiger partial charge in [-0.25, -0.2) is 9.97 Å². The highest BCUT2D eigenvalue weighted by atomic mass is 79.9. The Balaban J connectivity index is 1.45. The van der Waals surface area contributed by atoms with Gasteiger partial charge in [0, 0.05) is 17.1 Å². The number of imidazole rings is 1. The van der Waals surface area contributed by atoms with E-state index in [9.17, 15) is 0 Å². The molecule has 1 aromatic carbocycles. The SMILES string of the molecule is Brc1cnn(Cc2nc(-c3ccc4nc(-c5cscn5)[nH]c4c3)no2)c1. The van der Waals surface area contributed by atoms with Crippen molar-refractivity contribution in [2.24, 2.45) is 0 Å². The second-order valence-corrected chi connectivity index (χ2v) is 7.19. The number of aromatic nitrogens is 7. The van der Waals surface area contributed by atoms with Crippen LogP contribution >= 0.6 is 27.3 Å². The number of H-pyrrole nitrogens is 1. The van der Waals surface area contributed by atoms with Crippen molar-refractivity contribution in [3.05, 3.63) is 51.8 Å². The summed E-state index contributed by atoms with van der Waals surface area (Å²) in [5.41, 5.74) is 5.23. The number of hydrogen-bond donors (Lipinski definition) is 1. The van der Waals surface area contributed by atoms with Gasteiger partial charge in [0.05, 0.1) is 27.2 Å². The van der Waals surface area contributed by atoms with Crippen LogP contribution in [-0.2, 0) is 6.54 Å². The molecule has 0 fully saturated rings. The first-order chi connectivity index (χ1) is 12.7. The summed E-state index contributed by atoms with van der Waals surface area (Å²) in [4.78, 5) is 16.6. The van der Waals surface area contributed by atoms with Crippen molar-refractivity contribution in [2.45, 2.75) is 6.54 Å². The molecule has 0 amide bonds. The summed E-state index contributed by atoms with van der Waals surface area (Å²) in [7, 11) is 0. The lowest BCUT2D eigenvalue weighted by atomic mass is 10.2. The molecule has 4 heterocycles. The molecular formula is C16H10BrN7OS. The smallest absolute Gasteiger partial charge is 0.248 e. The van der Waals surface area contributed by atoms with Gasteiger partial charge in [0.1, 0.15) is 12.2 Å². The molecule has 0 saturated carbocycles. The molecule has 128 valence electrons. The van der Waals surface area contributed by atoms with Crippen molar-refractivity contribution in [2.75, 3.05) is 0 Å². The van der Waals surface area contributed by atoms with Gasteiger partial charge in [-0.05, 0) is 34.1 Å². The Morgan fingerprint density at radius 3 is 3.04 bits per heavy atom. The van der Waals surface area contributed by atoms with Gasteiger partial charge in [-0.15, -0.1) is 11.3 Å². The van der Waals surface area contributed by atoms with Gasteiger partial charge in [0.2, 0.25) is 11.7 Å². The molecule has 10 heteroatoms. The molecular weight excluding hydrogens is 418 g/mol. The van der Waals surface area contributed by atoms with Crippen LogP contribution in [0.2, 0.25) is 0 Å².